The van der Waals surface area contributed by atoms with E-state index in [9.17, 15) is 13.2 Å². The van der Waals surface area contributed by atoms with Gasteiger partial charge in [0.1, 0.15) is 6.54 Å². The Kier molecular flexibility index (Phi) is 5.28. The van der Waals surface area contributed by atoms with Crippen LogP contribution in [0.25, 0.3) is 0 Å². The molecule has 1 atom stereocenters. The Bertz CT molecular complexity index is 394. The number of anilines is 1. The average Bonchev–Trinajstić information content (AvgIpc) is 2.82. The first kappa shape index (κ1) is 14.9. The quantitative estimate of drug-likeness (QED) is 0.846. The summed E-state index contributed by atoms with van der Waals surface area (Å²) in [6, 6.07) is 0. The molecule has 0 aromatic carbocycles. The lowest BCUT2D eigenvalue weighted by Crippen LogP contribution is -2.21. The molecule has 1 aliphatic heterocycles. The van der Waals surface area contributed by atoms with Crippen molar-refractivity contribution >= 4 is 28.2 Å². The number of rotatable bonds is 5. The monoisotopic (exact) mass is 313 g/mol. The molecule has 19 heavy (non-hydrogen) atoms. The number of nitrogens with zero attached hydrogens (tertiary/aromatic N) is 2. The molecular formula is C10H14F3N3OS2. The molecule has 1 aromatic heterocycles. The molecule has 0 saturated carbocycles. The van der Waals surface area contributed by atoms with Crippen LogP contribution >= 0.6 is 23.1 Å². The first-order chi connectivity index (χ1) is 9.03. The molecule has 2 rings (SSSR count). The lowest BCUT2D eigenvalue weighted by molar-refractivity contribution is -0.115. The lowest BCUT2D eigenvalue weighted by Gasteiger charge is -2.21. The number of halogens is 3. The topological polar surface area (TPSA) is 47.0 Å². The van der Waals surface area contributed by atoms with Crippen molar-refractivity contribution < 1.29 is 17.9 Å². The number of hydrogen-bond acceptors (Lipinski definition) is 6. The Balaban J connectivity index is 1.74. The highest BCUT2D eigenvalue weighted by Gasteiger charge is 2.27. The molecule has 0 spiro atoms. The lowest BCUT2D eigenvalue weighted by atomic mass is 10.1. The van der Waals surface area contributed by atoms with Gasteiger partial charge in [-0.05, 0) is 19.3 Å². The molecule has 1 N–H and O–H groups in total. The van der Waals surface area contributed by atoms with Crippen molar-refractivity contribution in [2.24, 2.45) is 0 Å². The van der Waals surface area contributed by atoms with Gasteiger partial charge in [0.2, 0.25) is 5.13 Å². The van der Waals surface area contributed by atoms with Gasteiger partial charge in [0.25, 0.3) is 0 Å². The molecule has 0 radical (unpaired) electrons. The Labute approximate surface area is 117 Å². The van der Waals surface area contributed by atoms with Crippen molar-refractivity contribution in [3.63, 3.8) is 0 Å². The predicted octanol–water partition coefficient (Wildman–Crippen LogP) is 3.17. The predicted molar refractivity (Wildman–Crippen MR) is 68.8 cm³/mol. The maximum absolute atomic E-state index is 12.0. The third-order valence-electron chi connectivity index (χ3n) is 2.51. The van der Waals surface area contributed by atoms with E-state index in [2.05, 4.69) is 15.5 Å². The van der Waals surface area contributed by atoms with Gasteiger partial charge >= 0.3 is 6.18 Å². The average molecular weight is 313 g/mol. The highest BCUT2D eigenvalue weighted by molar-refractivity contribution is 8.01. The first-order valence-electron chi connectivity index (χ1n) is 5.91. The van der Waals surface area contributed by atoms with Gasteiger partial charge in [0.15, 0.2) is 4.34 Å². The minimum Gasteiger partial charge on any atom is -0.377 e. The zero-order chi connectivity index (χ0) is 13.7. The zero-order valence-electron chi connectivity index (χ0n) is 10.1. The normalized spacial score (nSPS) is 20.5. The fraction of sp³-hybridized carbons (Fsp3) is 0.800. The van der Waals surface area contributed by atoms with Crippen molar-refractivity contribution in [2.75, 3.05) is 24.2 Å². The fourth-order valence-electron chi connectivity index (χ4n) is 1.62. The highest BCUT2D eigenvalue weighted by Crippen LogP contribution is 2.28. The van der Waals surface area contributed by atoms with Gasteiger partial charge in [0, 0.05) is 12.4 Å². The van der Waals surface area contributed by atoms with E-state index in [0.29, 0.717) is 4.34 Å². The van der Waals surface area contributed by atoms with E-state index >= 15 is 0 Å². The zero-order valence-corrected chi connectivity index (χ0v) is 11.7. The van der Waals surface area contributed by atoms with Crippen LogP contribution in [-0.4, -0.2) is 41.4 Å². The molecule has 1 fully saturated rings. The van der Waals surface area contributed by atoms with Crippen LogP contribution in [0.4, 0.5) is 18.3 Å². The van der Waals surface area contributed by atoms with Crippen LogP contribution in [0.15, 0.2) is 4.34 Å². The van der Waals surface area contributed by atoms with Crippen LogP contribution in [0.2, 0.25) is 0 Å². The van der Waals surface area contributed by atoms with Gasteiger partial charge < -0.3 is 10.1 Å². The maximum Gasteiger partial charge on any atom is 0.405 e. The maximum atomic E-state index is 12.0. The van der Waals surface area contributed by atoms with Gasteiger partial charge in [-0.2, -0.15) is 13.2 Å². The van der Waals surface area contributed by atoms with Crippen LogP contribution in [0, 0.1) is 0 Å². The van der Waals surface area contributed by atoms with Crippen LogP contribution in [0.3, 0.4) is 0 Å². The summed E-state index contributed by atoms with van der Waals surface area (Å²) in [6.45, 7) is -0.294. The molecule has 0 bridgehead atoms. The Morgan fingerprint density at radius 3 is 2.89 bits per heavy atom. The van der Waals surface area contributed by atoms with Crippen LogP contribution < -0.4 is 5.32 Å². The smallest absolute Gasteiger partial charge is 0.377 e. The minimum absolute atomic E-state index is 0.199. The van der Waals surface area contributed by atoms with Crippen molar-refractivity contribution in [1.29, 1.82) is 0 Å². The van der Waals surface area contributed by atoms with Gasteiger partial charge in [-0.25, -0.2) is 0 Å². The molecule has 2 heterocycles. The van der Waals surface area contributed by atoms with E-state index in [0.717, 1.165) is 36.5 Å². The van der Waals surface area contributed by atoms with E-state index in [4.69, 9.17) is 4.74 Å². The van der Waals surface area contributed by atoms with E-state index in [1.807, 2.05) is 0 Å². The third-order valence-corrected chi connectivity index (χ3v) is 4.66. The summed E-state index contributed by atoms with van der Waals surface area (Å²) in [6.07, 6.45) is -0.722. The molecule has 0 aliphatic carbocycles. The van der Waals surface area contributed by atoms with Gasteiger partial charge in [0.05, 0.1) is 6.10 Å². The van der Waals surface area contributed by atoms with E-state index in [1.165, 1.54) is 18.2 Å². The third kappa shape index (κ3) is 5.53. The number of nitrogens with one attached hydrogen (secondary N) is 1. The van der Waals surface area contributed by atoms with Crippen LogP contribution in [0.5, 0.6) is 0 Å². The van der Waals surface area contributed by atoms with Crippen molar-refractivity contribution in [3.05, 3.63) is 0 Å². The van der Waals surface area contributed by atoms with Crippen molar-refractivity contribution in [1.82, 2.24) is 10.2 Å². The summed E-state index contributed by atoms with van der Waals surface area (Å²) >= 11 is 2.62. The van der Waals surface area contributed by atoms with Gasteiger partial charge in [-0.1, -0.05) is 23.1 Å². The molecule has 0 amide bonds. The second-order valence-corrected chi connectivity index (χ2v) is 6.39. The molecule has 9 heteroatoms. The summed E-state index contributed by atoms with van der Waals surface area (Å²) < 4.78 is 42.3. The Morgan fingerprint density at radius 2 is 2.21 bits per heavy atom. The molecule has 1 aliphatic rings. The molecule has 108 valence electrons. The summed E-state index contributed by atoms with van der Waals surface area (Å²) in [7, 11) is 0. The summed E-state index contributed by atoms with van der Waals surface area (Å²) in [5, 5.41) is 9.94. The van der Waals surface area contributed by atoms with Crippen molar-refractivity contribution in [2.45, 2.75) is 35.9 Å². The van der Waals surface area contributed by atoms with E-state index in [-0.39, 0.29) is 11.2 Å². The number of ether oxygens (including phenoxy) is 1. The fourth-order valence-corrected chi connectivity index (χ4v) is 3.46. The van der Waals surface area contributed by atoms with Gasteiger partial charge in [-0.15, -0.1) is 10.2 Å². The molecular weight excluding hydrogens is 299 g/mol. The van der Waals surface area contributed by atoms with E-state index in [1.54, 1.807) is 0 Å². The Hall–Kier alpha value is -0.540. The Morgan fingerprint density at radius 1 is 1.37 bits per heavy atom. The number of aromatic nitrogens is 2. The molecule has 0 unspecified atom stereocenters. The number of hydrogen-bond donors (Lipinski definition) is 1. The van der Waals surface area contributed by atoms with E-state index < -0.39 is 12.7 Å². The number of alkyl halides is 3. The van der Waals surface area contributed by atoms with Crippen molar-refractivity contribution in [3.8, 4) is 0 Å². The highest BCUT2D eigenvalue weighted by atomic mass is 32.2. The molecule has 1 saturated heterocycles. The van der Waals surface area contributed by atoms with Crippen LogP contribution in [-0.2, 0) is 4.74 Å². The minimum atomic E-state index is -4.24. The molecule has 1 aromatic rings. The van der Waals surface area contributed by atoms with Gasteiger partial charge in [-0.3, -0.25) is 0 Å². The molecule has 4 nitrogen and oxygen atoms in total. The SMILES string of the molecule is FC(F)(F)CNc1nnc(SC[C@H]2CCCCO2)s1. The largest absolute Gasteiger partial charge is 0.405 e. The first-order valence-corrected chi connectivity index (χ1v) is 7.72. The summed E-state index contributed by atoms with van der Waals surface area (Å²) in [5.74, 6) is 0.772. The second kappa shape index (κ2) is 6.76. The number of thioether (sulfide) groups is 1. The summed E-state index contributed by atoms with van der Waals surface area (Å²) in [4.78, 5) is 0. The second-order valence-electron chi connectivity index (χ2n) is 4.14. The summed E-state index contributed by atoms with van der Waals surface area (Å²) in [5.41, 5.74) is 0. The van der Waals surface area contributed by atoms with Crippen LogP contribution in [0.1, 0.15) is 19.3 Å². The standard InChI is InChI=1S/C10H14F3N3OS2/c11-10(12,13)6-14-8-15-16-9(19-8)18-5-7-3-1-2-4-17-7/h7H,1-6H2,(H,14,15)/t7-/m1/s1.